The van der Waals surface area contributed by atoms with Gasteiger partial charge in [-0.3, -0.25) is 0 Å². The van der Waals surface area contributed by atoms with E-state index in [1.807, 2.05) is 13.8 Å². The molecule has 2 N–H and O–H groups in total. The largest absolute Gasteiger partial charge is 0.339 e. The van der Waals surface area contributed by atoms with Gasteiger partial charge in [-0.15, -0.1) is 0 Å². The highest BCUT2D eigenvalue weighted by molar-refractivity contribution is 7.98. The molecule has 0 spiro atoms. The molecule has 1 heterocycles. The Morgan fingerprint density at radius 2 is 2.21 bits per heavy atom. The normalized spacial score (nSPS) is 13.5. The van der Waals surface area contributed by atoms with Crippen molar-refractivity contribution in [1.82, 2.24) is 10.1 Å². The molecule has 1 aromatic heterocycles. The predicted molar refractivity (Wildman–Crippen MR) is 58.3 cm³/mol. The number of aromatic nitrogens is 2. The van der Waals surface area contributed by atoms with Gasteiger partial charge in [0.25, 0.3) is 0 Å². The Labute approximate surface area is 88.6 Å². The molecule has 0 fully saturated rings. The van der Waals surface area contributed by atoms with E-state index in [1.54, 1.807) is 11.8 Å². The molecule has 0 aliphatic carbocycles. The average molecular weight is 215 g/mol. The van der Waals surface area contributed by atoms with Gasteiger partial charge in [0.1, 0.15) is 0 Å². The maximum absolute atomic E-state index is 5.90. The van der Waals surface area contributed by atoms with E-state index in [1.165, 1.54) is 0 Å². The Hall–Kier alpha value is -0.550. The van der Waals surface area contributed by atoms with Crippen molar-refractivity contribution in [3.05, 3.63) is 11.7 Å². The van der Waals surface area contributed by atoms with Gasteiger partial charge in [-0.05, 0) is 18.4 Å². The molecule has 0 saturated carbocycles. The summed E-state index contributed by atoms with van der Waals surface area (Å²) in [7, 11) is 0. The highest BCUT2D eigenvalue weighted by Gasteiger charge is 2.15. The molecule has 5 heteroatoms. The van der Waals surface area contributed by atoms with Crippen molar-refractivity contribution in [3.8, 4) is 0 Å². The fourth-order valence-corrected chi connectivity index (χ4v) is 1.50. The van der Waals surface area contributed by atoms with E-state index < -0.39 is 0 Å². The van der Waals surface area contributed by atoms with Crippen LogP contribution < -0.4 is 5.73 Å². The summed E-state index contributed by atoms with van der Waals surface area (Å²) in [5, 5.41) is 3.87. The topological polar surface area (TPSA) is 64.9 Å². The zero-order chi connectivity index (χ0) is 10.6. The van der Waals surface area contributed by atoms with E-state index in [-0.39, 0.29) is 12.0 Å². The minimum absolute atomic E-state index is 0.0984. The smallest absolute Gasteiger partial charge is 0.229 e. The summed E-state index contributed by atoms with van der Waals surface area (Å²) in [6, 6.07) is -0.0984. The second-order valence-electron chi connectivity index (χ2n) is 3.53. The van der Waals surface area contributed by atoms with Crippen LogP contribution in [0.3, 0.4) is 0 Å². The summed E-state index contributed by atoms with van der Waals surface area (Å²) >= 11 is 1.77. The van der Waals surface area contributed by atoms with Gasteiger partial charge < -0.3 is 10.3 Å². The van der Waals surface area contributed by atoms with Crippen LogP contribution in [-0.4, -0.2) is 22.1 Å². The third-order valence-corrected chi connectivity index (χ3v) is 2.56. The Morgan fingerprint density at radius 3 is 2.71 bits per heavy atom. The summed E-state index contributed by atoms with van der Waals surface area (Å²) in [5.74, 6) is 2.58. The summed E-state index contributed by atoms with van der Waals surface area (Å²) < 4.78 is 5.08. The molecule has 1 atom stereocenters. The zero-order valence-electron chi connectivity index (χ0n) is 8.86. The van der Waals surface area contributed by atoms with Crippen molar-refractivity contribution in [2.45, 2.75) is 32.2 Å². The van der Waals surface area contributed by atoms with Crippen molar-refractivity contribution in [2.24, 2.45) is 5.73 Å². The fraction of sp³-hybridized carbons (Fsp3) is 0.778. The number of hydrogen-bond acceptors (Lipinski definition) is 5. The van der Waals surface area contributed by atoms with Crippen LogP contribution in [-0.2, 0) is 0 Å². The first-order chi connectivity index (χ1) is 6.65. The van der Waals surface area contributed by atoms with Gasteiger partial charge in [0.15, 0.2) is 5.82 Å². The SMILES string of the molecule is CSCCC(N)c1noc(C(C)C)n1. The lowest BCUT2D eigenvalue weighted by atomic mass is 10.2. The lowest BCUT2D eigenvalue weighted by Crippen LogP contribution is -2.13. The molecule has 0 aliphatic rings. The third-order valence-electron chi connectivity index (χ3n) is 1.92. The molecule has 0 aliphatic heterocycles. The maximum atomic E-state index is 5.90. The summed E-state index contributed by atoms with van der Waals surface area (Å²) in [4.78, 5) is 4.25. The Kier molecular flexibility index (Phi) is 4.41. The van der Waals surface area contributed by atoms with Crippen LogP contribution in [0.4, 0.5) is 0 Å². The van der Waals surface area contributed by atoms with Crippen LogP contribution in [0, 0.1) is 0 Å². The van der Waals surface area contributed by atoms with Crippen LogP contribution >= 0.6 is 11.8 Å². The molecule has 0 amide bonds. The van der Waals surface area contributed by atoms with Crippen LogP contribution in [0.15, 0.2) is 4.52 Å². The van der Waals surface area contributed by atoms with Crippen LogP contribution in [0.2, 0.25) is 0 Å². The predicted octanol–water partition coefficient (Wildman–Crippen LogP) is 1.95. The number of nitrogens with zero attached hydrogens (tertiary/aromatic N) is 2. The third kappa shape index (κ3) is 2.99. The van der Waals surface area contributed by atoms with E-state index in [4.69, 9.17) is 10.3 Å². The summed E-state index contributed by atoms with van der Waals surface area (Å²) in [6.07, 6.45) is 2.95. The molecule has 0 radical (unpaired) electrons. The van der Waals surface area contributed by atoms with Gasteiger partial charge in [-0.1, -0.05) is 19.0 Å². The Bertz CT molecular complexity index is 275. The fourth-order valence-electron chi connectivity index (χ4n) is 1.01. The standard InChI is InChI=1S/C9H17N3OS/c1-6(2)9-11-8(12-13-9)7(10)4-5-14-3/h6-7H,4-5,10H2,1-3H3. The van der Waals surface area contributed by atoms with Gasteiger partial charge in [0.05, 0.1) is 6.04 Å². The van der Waals surface area contributed by atoms with Gasteiger partial charge in [-0.2, -0.15) is 16.7 Å². The first-order valence-corrected chi connectivity index (χ1v) is 6.12. The molecular formula is C9H17N3OS. The van der Waals surface area contributed by atoms with Gasteiger partial charge in [0.2, 0.25) is 5.89 Å². The monoisotopic (exact) mass is 215 g/mol. The maximum Gasteiger partial charge on any atom is 0.229 e. The summed E-state index contributed by atoms with van der Waals surface area (Å²) in [6.45, 7) is 4.04. The second-order valence-corrected chi connectivity index (χ2v) is 4.52. The van der Waals surface area contributed by atoms with Crippen molar-refractivity contribution in [2.75, 3.05) is 12.0 Å². The number of rotatable bonds is 5. The molecule has 0 bridgehead atoms. The molecule has 0 saturated heterocycles. The van der Waals surface area contributed by atoms with Crippen molar-refractivity contribution in [3.63, 3.8) is 0 Å². The minimum atomic E-state index is -0.0984. The zero-order valence-corrected chi connectivity index (χ0v) is 9.67. The quantitative estimate of drug-likeness (QED) is 0.813. The van der Waals surface area contributed by atoms with E-state index in [0.29, 0.717) is 11.7 Å². The molecule has 1 rings (SSSR count). The van der Waals surface area contributed by atoms with E-state index in [9.17, 15) is 0 Å². The van der Waals surface area contributed by atoms with Crippen LogP contribution in [0.1, 0.15) is 43.9 Å². The van der Waals surface area contributed by atoms with Gasteiger partial charge in [0, 0.05) is 5.92 Å². The lowest BCUT2D eigenvalue weighted by Gasteiger charge is -2.04. The molecule has 80 valence electrons. The average Bonchev–Trinajstić information content (AvgIpc) is 2.62. The minimum Gasteiger partial charge on any atom is -0.339 e. The van der Waals surface area contributed by atoms with Crippen LogP contribution in [0.5, 0.6) is 0 Å². The van der Waals surface area contributed by atoms with Gasteiger partial charge in [-0.25, -0.2) is 0 Å². The Morgan fingerprint density at radius 1 is 1.50 bits per heavy atom. The number of hydrogen-bond donors (Lipinski definition) is 1. The van der Waals surface area contributed by atoms with Crippen molar-refractivity contribution >= 4 is 11.8 Å². The van der Waals surface area contributed by atoms with E-state index >= 15 is 0 Å². The molecule has 14 heavy (non-hydrogen) atoms. The molecule has 0 aromatic carbocycles. The van der Waals surface area contributed by atoms with E-state index in [2.05, 4.69) is 16.4 Å². The van der Waals surface area contributed by atoms with Crippen molar-refractivity contribution in [1.29, 1.82) is 0 Å². The molecule has 4 nitrogen and oxygen atoms in total. The highest BCUT2D eigenvalue weighted by Crippen LogP contribution is 2.16. The second kappa shape index (κ2) is 5.36. The number of nitrogens with two attached hydrogens (primary N) is 1. The van der Waals surface area contributed by atoms with Crippen molar-refractivity contribution < 1.29 is 4.52 Å². The summed E-state index contributed by atoms with van der Waals surface area (Å²) in [5.41, 5.74) is 5.90. The van der Waals surface area contributed by atoms with Crippen LogP contribution in [0.25, 0.3) is 0 Å². The molecule has 1 unspecified atom stereocenters. The van der Waals surface area contributed by atoms with Gasteiger partial charge >= 0.3 is 0 Å². The first kappa shape index (κ1) is 11.5. The lowest BCUT2D eigenvalue weighted by molar-refractivity contribution is 0.357. The Balaban J connectivity index is 2.57. The number of thioether (sulfide) groups is 1. The first-order valence-electron chi connectivity index (χ1n) is 4.73. The van der Waals surface area contributed by atoms with E-state index in [0.717, 1.165) is 12.2 Å². The molecule has 1 aromatic rings. The highest BCUT2D eigenvalue weighted by atomic mass is 32.2. The molecular weight excluding hydrogens is 198 g/mol.